The molecule has 108 valence electrons. The van der Waals surface area contributed by atoms with Crippen LogP contribution in [-0.4, -0.2) is 24.3 Å². The lowest BCUT2D eigenvalue weighted by atomic mass is 10.0. The number of carbonyl (C=O) groups is 1. The molecule has 0 fully saturated rings. The van der Waals surface area contributed by atoms with Gasteiger partial charge in [-0.3, -0.25) is 4.79 Å². The zero-order valence-corrected chi connectivity index (χ0v) is 11.2. The van der Waals surface area contributed by atoms with Crippen LogP contribution in [0.5, 0.6) is 11.5 Å². The van der Waals surface area contributed by atoms with E-state index in [1.165, 1.54) is 0 Å². The van der Waals surface area contributed by atoms with Gasteiger partial charge in [-0.25, -0.2) is 0 Å². The van der Waals surface area contributed by atoms with Gasteiger partial charge in [0.05, 0.1) is 6.42 Å². The summed E-state index contributed by atoms with van der Waals surface area (Å²) in [4.78, 5) is 10.7. The molecule has 5 heteroatoms. The molecule has 0 aromatic heterocycles. The number of benzene rings is 1. The monoisotopic (exact) mass is 277 g/mol. The van der Waals surface area contributed by atoms with Crippen molar-refractivity contribution >= 4 is 5.97 Å². The Balaban J connectivity index is 2.95. The maximum atomic E-state index is 10.7. The molecule has 3 N–H and O–H groups in total. The van der Waals surface area contributed by atoms with Gasteiger partial charge in [-0.05, 0) is 17.7 Å². The van der Waals surface area contributed by atoms with Gasteiger partial charge in [0.2, 0.25) is 0 Å². The van der Waals surface area contributed by atoms with Crippen LogP contribution in [0.2, 0.25) is 0 Å². The summed E-state index contributed by atoms with van der Waals surface area (Å²) in [7, 11) is 0. The molecular formula is C15H19NO4. The van der Waals surface area contributed by atoms with Gasteiger partial charge in [0.25, 0.3) is 0 Å². The lowest BCUT2D eigenvalue weighted by molar-refractivity contribution is -0.137. The lowest BCUT2D eigenvalue weighted by Gasteiger charge is -2.15. The van der Waals surface area contributed by atoms with Crippen molar-refractivity contribution in [3.63, 3.8) is 0 Å². The maximum absolute atomic E-state index is 10.7. The second-order valence-electron chi connectivity index (χ2n) is 4.11. The zero-order chi connectivity index (χ0) is 15.0. The highest BCUT2D eigenvalue weighted by Crippen LogP contribution is 2.31. The molecule has 1 aromatic rings. The molecule has 1 rings (SSSR count). The van der Waals surface area contributed by atoms with Crippen molar-refractivity contribution in [2.75, 3.05) is 13.2 Å². The van der Waals surface area contributed by atoms with Gasteiger partial charge in [-0.1, -0.05) is 31.4 Å². The van der Waals surface area contributed by atoms with Crippen LogP contribution >= 0.6 is 0 Å². The van der Waals surface area contributed by atoms with Gasteiger partial charge in [-0.15, -0.1) is 0 Å². The second kappa shape index (κ2) is 8.01. The highest BCUT2D eigenvalue weighted by atomic mass is 16.5. The Kier molecular flexibility index (Phi) is 6.32. The summed E-state index contributed by atoms with van der Waals surface area (Å²) in [5, 5.41) is 8.77. The Morgan fingerprint density at radius 1 is 1.25 bits per heavy atom. The molecular weight excluding hydrogens is 258 g/mol. The van der Waals surface area contributed by atoms with E-state index in [1.807, 2.05) is 0 Å². The Morgan fingerprint density at radius 2 is 1.85 bits per heavy atom. The molecule has 0 spiro atoms. The first-order chi connectivity index (χ1) is 9.58. The largest absolute Gasteiger partial charge is 0.486 e. The number of carboxylic acids is 1. The van der Waals surface area contributed by atoms with E-state index in [0.717, 1.165) is 0 Å². The average Bonchev–Trinajstić information content (AvgIpc) is 2.42. The average molecular weight is 277 g/mol. The van der Waals surface area contributed by atoms with E-state index in [1.54, 1.807) is 30.4 Å². The van der Waals surface area contributed by atoms with Crippen molar-refractivity contribution in [2.24, 2.45) is 5.73 Å². The van der Waals surface area contributed by atoms with Gasteiger partial charge < -0.3 is 20.3 Å². The van der Waals surface area contributed by atoms with E-state index in [9.17, 15) is 4.79 Å². The number of carboxylic acid groups (broad SMARTS) is 1. The summed E-state index contributed by atoms with van der Waals surface area (Å²) >= 11 is 0. The molecule has 1 atom stereocenters. The van der Waals surface area contributed by atoms with Crippen molar-refractivity contribution in [3.05, 3.63) is 49.1 Å². The topological polar surface area (TPSA) is 81.8 Å². The van der Waals surface area contributed by atoms with Crippen molar-refractivity contribution in [1.82, 2.24) is 0 Å². The number of ether oxygens (including phenoxy) is 2. The zero-order valence-electron chi connectivity index (χ0n) is 11.2. The van der Waals surface area contributed by atoms with Gasteiger partial charge in [0.15, 0.2) is 11.5 Å². The summed E-state index contributed by atoms with van der Waals surface area (Å²) in [6.45, 7) is 7.83. The van der Waals surface area contributed by atoms with Crippen LogP contribution in [-0.2, 0) is 4.79 Å². The minimum Gasteiger partial charge on any atom is -0.486 e. The van der Waals surface area contributed by atoms with Crippen LogP contribution in [0.1, 0.15) is 18.0 Å². The first-order valence-electron chi connectivity index (χ1n) is 6.17. The van der Waals surface area contributed by atoms with E-state index in [4.69, 9.17) is 20.3 Å². The Hall–Kier alpha value is -2.27. The number of nitrogens with two attached hydrogens (primary N) is 1. The predicted molar refractivity (Wildman–Crippen MR) is 77.0 cm³/mol. The summed E-state index contributed by atoms with van der Waals surface area (Å²) in [5.41, 5.74) is 6.51. The molecule has 0 saturated carbocycles. The van der Waals surface area contributed by atoms with Gasteiger partial charge in [0.1, 0.15) is 13.2 Å². The minimum atomic E-state index is -0.946. The molecule has 0 amide bonds. The van der Waals surface area contributed by atoms with Gasteiger partial charge >= 0.3 is 5.97 Å². The van der Waals surface area contributed by atoms with E-state index in [-0.39, 0.29) is 6.42 Å². The highest BCUT2D eigenvalue weighted by Gasteiger charge is 2.14. The first-order valence-corrected chi connectivity index (χ1v) is 6.17. The molecule has 1 unspecified atom stereocenters. The Labute approximate surface area is 118 Å². The molecule has 0 aliphatic rings. The van der Waals surface area contributed by atoms with E-state index in [2.05, 4.69) is 13.2 Å². The van der Waals surface area contributed by atoms with Crippen molar-refractivity contribution < 1.29 is 19.4 Å². The molecule has 0 saturated heterocycles. The summed E-state index contributed by atoms with van der Waals surface area (Å²) in [6, 6.07) is 4.54. The molecule has 0 aliphatic carbocycles. The van der Waals surface area contributed by atoms with Crippen LogP contribution < -0.4 is 15.2 Å². The van der Waals surface area contributed by atoms with Crippen molar-refractivity contribution in [3.8, 4) is 11.5 Å². The Morgan fingerprint density at radius 3 is 2.40 bits per heavy atom. The van der Waals surface area contributed by atoms with Crippen molar-refractivity contribution in [2.45, 2.75) is 12.5 Å². The second-order valence-corrected chi connectivity index (χ2v) is 4.11. The molecule has 0 bridgehead atoms. The van der Waals surface area contributed by atoms with Gasteiger partial charge in [-0.2, -0.15) is 0 Å². The fourth-order valence-corrected chi connectivity index (χ4v) is 1.59. The summed E-state index contributed by atoms with van der Waals surface area (Å²) in [5.74, 6) is 0.112. The molecule has 20 heavy (non-hydrogen) atoms. The smallest absolute Gasteiger partial charge is 0.305 e. The maximum Gasteiger partial charge on any atom is 0.305 e. The normalized spacial score (nSPS) is 11.4. The van der Waals surface area contributed by atoms with Crippen LogP contribution in [0.25, 0.3) is 0 Å². The van der Waals surface area contributed by atoms with Crippen LogP contribution in [0.4, 0.5) is 0 Å². The predicted octanol–water partition coefficient (Wildman–Crippen LogP) is 2.29. The fraction of sp³-hybridized carbons (Fsp3) is 0.267. The minimum absolute atomic E-state index is 0.145. The van der Waals surface area contributed by atoms with Crippen LogP contribution in [0.15, 0.2) is 43.5 Å². The third-order valence-corrected chi connectivity index (χ3v) is 2.50. The first kappa shape index (κ1) is 15.8. The molecule has 0 heterocycles. The molecule has 5 nitrogen and oxygen atoms in total. The third kappa shape index (κ3) is 4.78. The van der Waals surface area contributed by atoms with Crippen LogP contribution in [0, 0.1) is 0 Å². The number of hydrogen-bond donors (Lipinski definition) is 2. The van der Waals surface area contributed by atoms with Crippen molar-refractivity contribution in [1.29, 1.82) is 0 Å². The quantitative estimate of drug-likeness (QED) is 0.677. The van der Waals surface area contributed by atoms with E-state index < -0.39 is 12.0 Å². The lowest BCUT2D eigenvalue weighted by Crippen LogP contribution is -2.15. The summed E-state index contributed by atoms with van der Waals surface area (Å²) in [6.07, 6.45) is 3.09. The Bertz CT molecular complexity index is 485. The highest BCUT2D eigenvalue weighted by molar-refractivity contribution is 5.68. The SMILES string of the molecule is C=CCOc1ccc(C(N)CC(=O)O)cc1OCC=C. The third-order valence-electron chi connectivity index (χ3n) is 2.50. The standard InChI is InChI=1S/C15H19NO4/c1-3-7-19-13-6-5-11(12(16)10-15(17)18)9-14(13)20-8-4-2/h3-6,9,12H,1-2,7-8,10,16H2,(H,17,18). The fourth-order valence-electron chi connectivity index (χ4n) is 1.59. The summed E-state index contributed by atoms with van der Waals surface area (Å²) < 4.78 is 11.0. The number of aliphatic carboxylic acids is 1. The number of rotatable bonds is 9. The molecule has 1 aromatic carbocycles. The van der Waals surface area contributed by atoms with Gasteiger partial charge in [0, 0.05) is 6.04 Å². The van der Waals surface area contributed by atoms with Crippen LogP contribution in [0.3, 0.4) is 0 Å². The molecule has 0 radical (unpaired) electrons. The molecule has 0 aliphatic heterocycles. The number of hydrogen-bond acceptors (Lipinski definition) is 4. The van der Waals surface area contributed by atoms with E-state index in [0.29, 0.717) is 30.3 Å². The van der Waals surface area contributed by atoms with E-state index >= 15 is 0 Å².